The average molecular weight is 321 g/mol. The molecule has 0 bridgehead atoms. The Balaban J connectivity index is 0.000000238. The molecule has 120 valence electrons. The van der Waals surface area contributed by atoms with Crippen LogP contribution in [0.1, 0.15) is 0 Å². The van der Waals surface area contributed by atoms with Crippen LogP contribution < -0.4 is 11.5 Å². The number of anilines is 2. The van der Waals surface area contributed by atoms with E-state index in [9.17, 15) is 30.3 Å². The number of rotatable bonds is 3. The molecule has 0 unspecified atom stereocenters. The second-order valence-electron chi connectivity index (χ2n) is 4.11. The number of nitrogens with two attached hydrogens (primary N) is 2. The number of nitro benzene ring substituents is 3. The van der Waals surface area contributed by atoms with E-state index in [1.54, 1.807) is 0 Å². The molecule has 0 aliphatic heterocycles. The first-order valence-corrected chi connectivity index (χ1v) is 5.90. The second-order valence-corrected chi connectivity index (χ2v) is 4.11. The monoisotopic (exact) mass is 321 g/mol. The third-order valence-electron chi connectivity index (χ3n) is 2.53. The molecule has 0 aliphatic carbocycles. The van der Waals surface area contributed by atoms with E-state index in [-0.39, 0.29) is 17.1 Å². The van der Waals surface area contributed by atoms with Gasteiger partial charge in [-0.15, -0.1) is 0 Å². The highest BCUT2D eigenvalue weighted by Crippen LogP contribution is 2.25. The fourth-order valence-corrected chi connectivity index (χ4v) is 1.40. The molecule has 0 aromatic heterocycles. The molecule has 4 N–H and O–H groups in total. The van der Waals surface area contributed by atoms with Crippen LogP contribution in [0.2, 0.25) is 0 Å². The minimum atomic E-state index is -0.762. The molecule has 23 heavy (non-hydrogen) atoms. The standard InChI is InChI=1S/C6H5N3O4.C6H6N2O2/c7-5-2-1-4(8(10)11)3-6(5)9(12)13;7-5-1-3-6(4-2-5)8(9)10/h1-3H,7H2;1-4H,7H2. The number of non-ortho nitro benzene ring substituents is 2. The molecule has 2 aromatic carbocycles. The molecule has 0 radical (unpaired) electrons. The number of hydrogen-bond donors (Lipinski definition) is 2. The van der Waals surface area contributed by atoms with E-state index in [0.29, 0.717) is 5.69 Å². The molecule has 0 aliphatic rings. The van der Waals surface area contributed by atoms with Crippen molar-refractivity contribution in [1.82, 2.24) is 0 Å². The minimum Gasteiger partial charge on any atom is -0.399 e. The van der Waals surface area contributed by atoms with Gasteiger partial charge < -0.3 is 11.5 Å². The van der Waals surface area contributed by atoms with Crippen LogP contribution >= 0.6 is 0 Å². The lowest BCUT2D eigenvalue weighted by atomic mass is 10.2. The van der Waals surface area contributed by atoms with Crippen LogP contribution in [0.5, 0.6) is 0 Å². The van der Waals surface area contributed by atoms with Crippen molar-refractivity contribution in [3.8, 4) is 0 Å². The Kier molecular flexibility index (Phi) is 5.49. The van der Waals surface area contributed by atoms with Crippen LogP contribution in [-0.2, 0) is 0 Å². The van der Waals surface area contributed by atoms with Gasteiger partial charge in [0.2, 0.25) is 0 Å². The Morgan fingerprint density at radius 1 is 0.696 bits per heavy atom. The Morgan fingerprint density at radius 2 is 1.17 bits per heavy atom. The summed E-state index contributed by atoms with van der Waals surface area (Å²) in [7, 11) is 0. The molecule has 2 rings (SSSR count). The molecule has 0 atom stereocenters. The van der Waals surface area contributed by atoms with E-state index < -0.39 is 20.5 Å². The van der Waals surface area contributed by atoms with Crippen molar-refractivity contribution >= 4 is 28.4 Å². The van der Waals surface area contributed by atoms with Gasteiger partial charge in [0.1, 0.15) is 5.69 Å². The summed E-state index contributed by atoms with van der Waals surface area (Å²) in [6.45, 7) is 0. The van der Waals surface area contributed by atoms with E-state index in [2.05, 4.69) is 0 Å². The quantitative estimate of drug-likeness (QED) is 0.490. The van der Waals surface area contributed by atoms with Crippen LogP contribution in [0.15, 0.2) is 42.5 Å². The van der Waals surface area contributed by atoms with Crippen molar-refractivity contribution < 1.29 is 14.8 Å². The molecule has 0 saturated heterocycles. The molecular formula is C12H11N5O6. The maximum Gasteiger partial charge on any atom is 0.298 e. The van der Waals surface area contributed by atoms with Crippen molar-refractivity contribution in [1.29, 1.82) is 0 Å². The van der Waals surface area contributed by atoms with Crippen LogP contribution in [-0.4, -0.2) is 14.8 Å². The molecule has 0 heterocycles. The van der Waals surface area contributed by atoms with Gasteiger partial charge in [-0.1, -0.05) is 0 Å². The highest BCUT2D eigenvalue weighted by atomic mass is 16.6. The van der Waals surface area contributed by atoms with Crippen molar-refractivity contribution in [2.45, 2.75) is 0 Å². The lowest BCUT2D eigenvalue weighted by Gasteiger charge is -1.95. The van der Waals surface area contributed by atoms with Crippen molar-refractivity contribution in [3.63, 3.8) is 0 Å². The normalized spacial score (nSPS) is 9.39. The van der Waals surface area contributed by atoms with Gasteiger partial charge in [0, 0.05) is 23.9 Å². The summed E-state index contributed by atoms with van der Waals surface area (Å²) in [6, 6.07) is 8.81. The van der Waals surface area contributed by atoms with E-state index in [0.717, 1.165) is 18.2 Å². The molecule has 11 heteroatoms. The predicted octanol–water partition coefficient (Wildman–Crippen LogP) is 2.26. The topological polar surface area (TPSA) is 181 Å². The summed E-state index contributed by atoms with van der Waals surface area (Å²) in [4.78, 5) is 28.7. The van der Waals surface area contributed by atoms with Crippen LogP contribution in [0.4, 0.5) is 28.4 Å². The lowest BCUT2D eigenvalue weighted by molar-refractivity contribution is -0.393. The predicted molar refractivity (Wildman–Crippen MR) is 81.7 cm³/mol. The molecule has 0 spiro atoms. The van der Waals surface area contributed by atoms with Gasteiger partial charge in [-0.05, 0) is 18.2 Å². The minimum absolute atomic E-state index is 0.0641. The number of nitrogens with zero attached hydrogens (tertiary/aromatic N) is 3. The van der Waals surface area contributed by atoms with Gasteiger partial charge in [-0.3, -0.25) is 30.3 Å². The number of nitrogen functional groups attached to an aromatic ring is 2. The zero-order valence-electron chi connectivity index (χ0n) is 11.5. The Labute approximate surface area is 128 Å². The molecule has 0 saturated carbocycles. The SMILES string of the molecule is Nc1ccc([N+](=O)[O-])cc1.Nc1ccc([N+](=O)[O-])cc1[N+](=O)[O-]. The van der Waals surface area contributed by atoms with Crippen LogP contribution in [0.25, 0.3) is 0 Å². The lowest BCUT2D eigenvalue weighted by Crippen LogP contribution is -1.97. The smallest absolute Gasteiger partial charge is 0.298 e. The maximum absolute atomic E-state index is 10.3. The third-order valence-corrected chi connectivity index (χ3v) is 2.53. The van der Waals surface area contributed by atoms with E-state index >= 15 is 0 Å². The maximum atomic E-state index is 10.3. The van der Waals surface area contributed by atoms with E-state index in [4.69, 9.17) is 11.5 Å². The molecule has 0 fully saturated rings. The van der Waals surface area contributed by atoms with E-state index in [1.165, 1.54) is 24.3 Å². The summed E-state index contributed by atoms with van der Waals surface area (Å²) in [5.74, 6) is 0. The number of hydrogen-bond acceptors (Lipinski definition) is 8. The first-order valence-electron chi connectivity index (χ1n) is 5.90. The van der Waals surface area contributed by atoms with Gasteiger partial charge in [-0.25, -0.2) is 0 Å². The van der Waals surface area contributed by atoms with Crippen molar-refractivity contribution in [3.05, 3.63) is 72.8 Å². The summed E-state index contributed by atoms with van der Waals surface area (Å²) >= 11 is 0. The zero-order chi connectivity index (χ0) is 17.6. The van der Waals surface area contributed by atoms with Crippen LogP contribution in [0, 0.1) is 30.3 Å². The summed E-state index contributed by atoms with van der Waals surface area (Å²) in [5.41, 5.74) is 10.2. The largest absolute Gasteiger partial charge is 0.399 e. The van der Waals surface area contributed by atoms with Crippen molar-refractivity contribution in [2.75, 3.05) is 11.5 Å². The fraction of sp³-hybridized carbons (Fsp3) is 0. The second kappa shape index (κ2) is 7.31. The highest BCUT2D eigenvalue weighted by molar-refractivity contribution is 5.62. The Hall–Kier alpha value is -3.76. The van der Waals surface area contributed by atoms with E-state index in [1.807, 2.05) is 0 Å². The molecule has 11 nitrogen and oxygen atoms in total. The van der Waals surface area contributed by atoms with Gasteiger partial charge >= 0.3 is 0 Å². The number of nitro groups is 3. The van der Waals surface area contributed by atoms with Crippen LogP contribution in [0.3, 0.4) is 0 Å². The average Bonchev–Trinajstić information content (AvgIpc) is 2.48. The highest BCUT2D eigenvalue weighted by Gasteiger charge is 2.16. The van der Waals surface area contributed by atoms with Gasteiger partial charge in [0.05, 0.1) is 20.8 Å². The number of benzene rings is 2. The molecule has 0 amide bonds. The fourth-order valence-electron chi connectivity index (χ4n) is 1.40. The van der Waals surface area contributed by atoms with Gasteiger partial charge in [0.25, 0.3) is 17.1 Å². The zero-order valence-corrected chi connectivity index (χ0v) is 11.5. The molecule has 2 aromatic rings. The first kappa shape index (κ1) is 17.3. The third kappa shape index (κ3) is 4.93. The Bertz CT molecular complexity index is 746. The summed E-state index contributed by atoms with van der Waals surface area (Å²) in [6.07, 6.45) is 0. The first-order chi connectivity index (χ1) is 10.7. The van der Waals surface area contributed by atoms with Gasteiger partial charge in [0.15, 0.2) is 0 Å². The summed E-state index contributed by atoms with van der Waals surface area (Å²) < 4.78 is 0. The molecular weight excluding hydrogens is 310 g/mol. The van der Waals surface area contributed by atoms with Gasteiger partial charge in [-0.2, -0.15) is 0 Å². The Morgan fingerprint density at radius 3 is 1.61 bits per heavy atom. The summed E-state index contributed by atoms with van der Waals surface area (Å²) in [5, 5.41) is 30.6. The van der Waals surface area contributed by atoms with Crippen molar-refractivity contribution in [2.24, 2.45) is 0 Å².